The molecular formula is C12H10F11NO2. The van der Waals surface area contributed by atoms with Gasteiger partial charge in [-0.3, -0.25) is 9.59 Å². The summed E-state index contributed by atoms with van der Waals surface area (Å²) in [6.45, 7) is 0. The monoisotopic (exact) mass is 409 g/mol. The fourth-order valence-corrected chi connectivity index (χ4v) is 2.13. The molecule has 0 aliphatic heterocycles. The van der Waals surface area contributed by atoms with Gasteiger partial charge in [0.25, 0.3) is 0 Å². The maximum atomic E-state index is 13.4. The molecule has 0 unspecified atom stereocenters. The van der Waals surface area contributed by atoms with Gasteiger partial charge >= 0.3 is 29.9 Å². The third kappa shape index (κ3) is 3.59. The van der Waals surface area contributed by atoms with E-state index in [1.165, 1.54) is 5.32 Å². The lowest BCUT2D eigenvalue weighted by molar-refractivity contribution is -0.421. The Balaban J connectivity index is 3.04. The van der Waals surface area contributed by atoms with E-state index in [9.17, 15) is 57.9 Å². The van der Waals surface area contributed by atoms with Crippen molar-refractivity contribution in [3.63, 3.8) is 0 Å². The predicted molar refractivity (Wildman–Crippen MR) is 61.2 cm³/mol. The van der Waals surface area contributed by atoms with Crippen LogP contribution in [-0.4, -0.2) is 47.6 Å². The molecule has 1 N–H and O–H groups in total. The van der Waals surface area contributed by atoms with Gasteiger partial charge < -0.3 is 5.32 Å². The molecule has 1 amide bonds. The Bertz CT molecular complexity index is 570. The number of nitrogens with one attached hydrogen (secondary N) is 1. The van der Waals surface area contributed by atoms with Crippen LogP contribution in [0.5, 0.6) is 0 Å². The molecule has 0 bridgehead atoms. The molecule has 0 radical (unpaired) electrons. The summed E-state index contributed by atoms with van der Waals surface area (Å²) in [7, 11) is 0. The van der Waals surface area contributed by atoms with Crippen molar-refractivity contribution < 1.29 is 57.9 Å². The average Bonchev–Trinajstić information content (AvgIpc) is 2.81. The predicted octanol–water partition coefficient (Wildman–Crippen LogP) is 3.72. The summed E-state index contributed by atoms with van der Waals surface area (Å²) in [6.07, 6.45) is -10.0. The standard InChI is InChI=1S/C12H10F11NO2/c13-8(14,4-7(26)24-5-2-1-3-6(5)25)9(15,16)10(17,18)11(19,20)12(21,22)23/h5H,1-4H2,(H,24,26)/t5-/m0/s1. The summed E-state index contributed by atoms with van der Waals surface area (Å²) in [6, 6.07) is -1.36. The van der Waals surface area contributed by atoms with Gasteiger partial charge in [0.05, 0.1) is 12.5 Å². The van der Waals surface area contributed by atoms with E-state index in [4.69, 9.17) is 0 Å². The van der Waals surface area contributed by atoms with Gasteiger partial charge in [0.15, 0.2) is 5.78 Å². The zero-order valence-electron chi connectivity index (χ0n) is 12.4. The van der Waals surface area contributed by atoms with E-state index >= 15 is 0 Å². The van der Waals surface area contributed by atoms with E-state index in [0.717, 1.165) is 0 Å². The van der Waals surface area contributed by atoms with Crippen molar-refractivity contribution >= 4 is 11.7 Å². The second kappa shape index (κ2) is 6.51. The summed E-state index contributed by atoms with van der Waals surface area (Å²) in [5, 5.41) is 1.52. The molecule has 1 saturated carbocycles. The molecule has 1 atom stereocenters. The summed E-state index contributed by atoms with van der Waals surface area (Å²) < 4.78 is 140. The number of alkyl halides is 11. The first-order valence-electron chi connectivity index (χ1n) is 6.78. The normalized spacial score (nSPS) is 20.4. The first-order chi connectivity index (χ1) is 11.4. The minimum atomic E-state index is -7.55. The van der Waals surface area contributed by atoms with Crippen molar-refractivity contribution in [2.75, 3.05) is 0 Å². The van der Waals surface area contributed by atoms with E-state index in [-0.39, 0.29) is 19.3 Å². The van der Waals surface area contributed by atoms with Crippen LogP contribution < -0.4 is 5.32 Å². The van der Waals surface area contributed by atoms with Crippen LogP contribution in [0, 0.1) is 0 Å². The zero-order valence-corrected chi connectivity index (χ0v) is 12.4. The van der Waals surface area contributed by atoms with Crippen LogP contribution >= 0.6 is 0 Å². The van der Waals surface area contributed by atoms with Gasteiger partial charge in [-0.15, -0.1) is 0 Å². The van der Waals surface area contributed by atoms with Crippen LogP contribution in [0.25, 0.3) is 0 Å². The SMILES string of the molecule is O=C(CC(F)(F)C(F)(F)C(F)(F)C(F)(F)C(F)(F)F)N[C@H]1CCCC1=O. The van der Waals surface area contributed by atoms with Gasteiger partial charge in [0.2, 0.25) is 5.91 Å². The molecule has 0 heterocycles. The maximum absolute atomic E-state index is 13.4. The van der Waals surface area contributed by atoms with Crippen LogP contribution in [0.1, 0.15) is 25.7 Å². The summed E-state index contributed by atoms with van der Waals surface area (Å²) in [4.78, 5) is 22.4. The van der Waals surface area contributed by atoms with Gasteiger partial charge in [0.1, 0.15) is 0 Å². The Hall–Kier alpha value is -1.63. The molecule has 26 heavy (non-hydrogen) atoms. The molecule has 1 aliphatic rings. The Kier molecular flexibility index (Phi) is 5.62. The Labute approximate surface area is 137 Å². The van der Waals surface area contributed by atoms with Crippen molar-refractivity contribution in [2.45, 2.75) is 61.6 Å². The Morgan fingerprint density at radius 3 is 1.77 bits per heavy atom. The van der Waals surface area contributed by atoms with E-state index in [1.807, 2.05) is 0 Å². The summed E-state index contributed by atoms with van der Waals surface area (Å²) in [5.41, 5.74) is 0. The van der Waals surface area contributed by atoms with Crippen LogP contribution in [0.4, 0.5) is 48.3 Å². The third-order valence-electron chi connectivity index (χ3n) is 3.63. The number of Topliss-reactive ketones (excluding diaryl/α,β-unsaturated/α-hetero) is 1. The van der Waals surface area contributed by atoms with Gasteiger partial charge in [-0.2, -0.15) is 48.3 Å². The van der Waals surface area contributed by atoms with Crippen molar-refractivity contribution in [3.05, 3.63) is 0 Å². The highest BCUT2D eigenvalue weighted by atomic mass is 19.4. The van der Waals surface area contributed by atoms with Crippen LogP contribution in [0.15, 0.2) is 0 Å². The molecule has 152 valence electrons. The highest BCUT2D eigenvalue weighted by molar-refractivity contribution is 5.90. The highest BCUT2D eigenvalue weighted by Crippen LogP contribution is 2.57. The smallest absolute Gasteiger partial charge is 0.346 e. The molecule has 0 spiro atoms. The Morgan fingerprint density at radius 1 is 0.885 bits per heavy atom. The molecular weight excluding hydrogens is 399 g/mol. The number of carbonyl (C=O) groups is 2. The van der Waals surface area contributed by atoms with Gasteiger partial charge in [-0.25, -0.2) is 0 Å². The van der Waals surface area contributed by atoms with Crippen molar-refractivity contribution in [2.24, 2.45) is 0 Å². The lowest BCUT2D eigenvalue weighted by atomic mass is 9.96. The molecule has 0 saturated heterocycles. The van der Waals surface area contributed by atoms with Crippen LogP contribution in [0.3, 0.4) is 0 Å². The first kappa shape index (κ1) is 22.4. The van der Waals surface area contributed by atoms with E-state index in [1.54, 1.807) is 0 Å². The zero-order chi connectivity index (χ0) is 20.8. The number of halogens is 11. The number of hydrogen-bond donors (Lipinski definition) is 1. The summed E-state index contributed by atoms with van der Waals surface area (Å²) in [5.74, 6) is -31.3. The molecule has 0 aromatic carbocycles. The first-order valence-corrected chi connectivity index (χ1v) is 6.78. The number of carbonyl (C=O) groups excluding carboxylic acids is 2. The molecule has 0 aromatic heterocycles. The van der Waals surface area contributed by atoms with Crippen LogP contribution in [0.2, 0.25) is 0 Å². The number of ketones is 1. The minimum absolute atomic E-state index is 0.0607. The second-order valence-electron chi connectivity index (χ2n) is 5.58. The molecule has 1 aliphatic carbocycles. The van der Waals surface area contributed by atoms with Gasteiger partial charge in [-0.05, 0) is 12.8 Å². The van der Waals surface area contributed by atoms with Crippen molar-refractivity contribution in [3.8, 4) is 0 Å². The van der Waals surface area contributed by atoms with E-state index < -0.39 is 54.0 Å². The van der Waals surface area contributed by atoms with Gasteiger partial charge in [0, 0.05) is 6.42 Å². The van der Waals surface area contributed by atoms with Gasteiger partial charge in [-0.1, -0.05) is 0 Å². The topological polar surface area (TPSA) is 46.2 Å². The number of hydrogen-bond acceptors (Lipinski definition) is 2. The number of amides is 1. The molecule has 14 heteroatoms. The third-order valence-corrected chi connectivity index (χ3v) is 3.63. The molecule has 3 nitrogen and oxygen atoms in total. The lowest BCUT2D eigenvalue weighted by Gasteiger charge is -2.37. The van der Waals surface area contributed by atoms with Crippen molar-refractivity contribution in [1.82, 2.24) is 5.32 Å². The van der Waals surface area contributed by atoms with Crippen LogP contribution in [-0.2, 0) is 9.59 Å². The molecule has 1 rings (SSSR count). The fourth-order valence-electron chi connectivity index (χ4n) is 2.13. The summed E-state index contributed by atoms with van der Waals surface area (Å²) >= 11 is 0. The van der Waals surface area contributed by atoms with Crippen molar-refractivity contribution in [1.29, 1.82) is 0 Å². The van der Waals surface area contributed by atoms with E-state index in [0.29, 0.717) is 0 Å². The fraction of sp³-hybridized carbons (Fsp3) is 0.833. The molecule has 1 fully saturated rings. The van der Waals surface area contributed by atoms with E-state index in [2.05, 4.69) is 0 Å². The molecule has 0 aromatic rings. The highest BCUT2D eigenvalue weighted by Gasteiger charge is 2.87. The number of rotatable bonds is 6. The lowest BCUT2D eigenvalue weighted by Crippen LogP contribution is -2.66. The quantitative estimate of drug-likeness (QED) is 0.680. The minimum Gasteiger partial charge on any atom is -0.346 e. The second-order valence-corrected chi connectivity index (χ2v) is 5.58. The Morgan fingerprint density at radius 2 is 1.38 bits per heavy atom. The average molecular weight is 409 g/mol. The largest absolute Gasteiger partial charge is 0.460 e. The maximum Gasteiger partial charge on any atom is 0.460 e.